The monoisotopic (exact) mass is 321 g/mol. The normalized spacial score (nSPS) is 23.3. The number of ether oxygens (including phenoxy) is 1. The quantitative estimate of drug-likeness (QED) is 0.514. The van der Waals surface area contributed by atoms with Gasteiger partial charge in [0.25, 0.3) is 5.91 Å². The van der Waals surface area contributed by atoms with Gasteiger partial charge >= 0.3 is 0 Å². The van der Waals surface area contributed by atoms with Crippen molar-refractivity contribution in [1.29, 1.82) is 0 Å². The number of carbonyl (C=O) groups is 1. The zero-order chi connectivity index (χ0) is 16.2. The van der Waals surface area contributed by atoms with Crippen LogP contribution in [0.3, 0.4) is 0 Å². The summed E-state index contributed by atoms with van der Waals surface area (Å²) in [6.07, 6.45) is 1.71. The van der Waals surface area contributed by atoms with Crippen LogP contribution in [-0.4, -0.2) is 48.5 Å². The number of likely N-dealkylation sites (tertiary alicyclic amines) is 1. The van der Waals surface area contributed by atoms with E-state index in [4.69, 9.17) is 15.3 Å². The molecule has 1 unspecified atom stereocenters. The van der Waals surface area contributed by atoms with E-state index in [1.165, 1.54) is 24.3 Å². The van der Waals surface area contributed by atoms with Gasteiger partial charge in [0, 0.05) is 37.8 Å². The van der Waals surface area contributed by atoms with Crippen molar-refractivity contribution < 1.29 is 18.8 Å². The number of nitrogens with zero attached hydrogens (tertiary/aromatic N) is 2. The van der Waals surface area contributed by atoms with E-state index in [2.05, 4.69) is 5.16 Å². The number of oxime groups is 1. The van der Waals surface area contributed by atoms with E-state index in [9.17, 15) is 9.18 Å². The molecule has 1 atom stereocenters. The summed E-state index contributed by atoms with van der Waals surface area (Å²) < 4.78 is 18.2. The molecule has 2 saturated heterocycles. The maximum absolute atomic E-state index is 12.9. The Kier molecular flexibility index (Phi) is 4.76. The molecular weight excluding hydrogens is 301 g/mol. The molecule has 0 aliphatic carbocycles. The Hall–Kier alpha value is -2.15. The Labute approximate surface area is 134 Å². The van der Waals surface area contributed by atoms with Crippen LogP contribution >= 0.6 is 0 Å². The Bertz CT molecular complexity index is 585. The van der Waals surface area contributed by atoms with Gasteiger partial charge in [0.1, 0.15) is 5.82 Å². The number of halogens is 1. The highest BCUT2D eigenvalue weighted by Crippen LogP contribution is 2.23. The van der Waals surface area contributed by atoms with Gasteiger partial charge in [0.05, 0.1) is 0 Å². The zero-order valence-corrected chi connectivity index (χ0v) is 12.8. The van der Waals surface area contributed by atoms with Crippen molar-refractivity contribution in [2.24, 2.45) is 10.9 Å². The van der Waals surface area contributed by atoms with Gasteiger partial charge in [0.15, 0.2) is 5.84 Å². The van der Waals surface area contributed by atoms with Crippen molar-refractivity contribution in [2.45, 2.75) is 31.4 Å². The molecule has 23 heavy (non-hydrogen) atoms. The van der Waals surface area contributed by atoms with Gasteiger partial charge < -0.3 is 20.2 Å². The first-order valence-electron chi connectivity index (χ1n) is 7.78. The fourth-order valence-electron chi connectivity index (χ4n) is 2.93. The van der Waals surface area contributed by atoms with E-state index in [-0.39, 0.29) is 23.6 Å². The van der Waals surface area contributed by atoms with E-state index in [1.807, 2.05) is 4.90 Å². The first-order chi connectivity index (χ1) is 11.1. The number of carbonyl (C=O) groups excluding carboxylic acids is 1. The van der Waals surface area contributed by atoms with Gasteiger partial charge in [-0.3, -0.25) is 4.79 Å². The van der Waals surface area contributed by atoms with Crippen LogP contribution in [0.2, 0.25) is 0 Å². The molecule has 3 rings (SSSR count). The molecule has 2 aliphatic heterocycles. The SMILES string of the molecule is NC(=NOC1CCN(C2CCOCC2)C1=O)c1ccc(F)cc1. The third-order valence-corrected chi connectivity index (χ3v) is 4.24. The summed E-state index contributed by atoms with van der Waals surface area (Å²) in [4.78, 5) is 19.6. The topological polar surface area (TPSA) is 77.2 Å². The number of rotatable bonds is 4. The van der Waals surface area contributed by atoms with Crippen LogP contribution in [0.4, 0.5) is 4.39 Å². The molecule has 2 heterocycles. The van der Waals surface area contributed by atoms with Crippen molar-refractivity contribution in [3.05, 3.63) is 35.6 Å². The van der Waals surface area contributed by atoms with E-state index < -0.39 is 6.10 Å². The fraction of sp³-hybridized carbons (Fsp3) is 0.500. The van der Waals surface area contributed by atoms with Crippen LogP contribution in [0, 0.1) is 5.82 Å². The van der Waals surface area contributed by atoms with Gasteiger partial charge in [-0.25, -0.2) is 4.39 Å². The number of amidine groups is 1. The number of hydrogen-bond acceptors (Lipinski definition) is 4. The molecule has 0 bridgehead atoms. The molecule has 6 nitrogen and oxygen atoms in total. The second kappa shape index (κ2) is 6.95. The van der Waals surface area contributed by atoms with Crippen molar-refractivity contribution in [3.8, 4) is 0 Å². The molecule has 0 spiro atoms. The molecule has 7 heteroatoms. The van der Waals surface area contributed by atoms with Gasteiger partial charge in [0.2, 0.25) is 6.10 Å². The van der Waals surface area contributed by atoms with E-state index >= 15 is 0 Å². The molecule has 2 N–H and O–H groups in total. The number of amides is 1. The van der Waals surface area contributed by atoms with E-state index in [0.717, 1.165) is 12.8 Å². The molecular formula is C16H20FN3O3. The Morgan fingerprint density at radius 1 is 1.26 bits per heavy atom. The minimum Gasteiger partial charge on any atom is -0.381 e. The standard InChI is InChI=1S/C16H20FN3O3/c17-12-3-1-11(2-4-12)15(18)19-23-14-5-8-20(16(14)21)13-6-9-22-10-7-13/h1-4,13-14H,5-10H2,(H2,18,19). The largest absolute Gasteiger partial charge is 0.381 e. The number of hydrogen-bond donors (Lipinski definition) is 1. The smallest absolute Gasteiger partial charge is 0.266 e. The van der Waals surface area contributed by atoms with Crippen molar-refractivity contribution in [2.75, 3.05) is 19.8 Å². The van der Waals surface area contributed by atoms with E-state index in [1.54, 1.807) is 0 Å². The molecule has 1 aromatic carbocycles. The fourth-order valence-corrected chi connectivity index (χ4v) is 2.93. The summed E-state index contributed by atoms with van der Waals surface area (Å²) in [6, 6.07) is 5.85. The van der Waals surface area contributed by atoms with Crippen LogP contribution in [0.5, 0.6) is 0 Å². The maximum Gasteiger partial charge on any atom is 0.266 e. The third kappa shape index (κ3) is 3.61. The highest BCUT2D eigenvalue weighted by molar-refractivity contribution is 5.97. The lowest BCUT2D eigenvalue weighted by atomic mass is 10.1. The summed E-state index contributed by atoms with van der Waals surface area (Å²) in [7, 11) is 0. The van der Waals surface area contributed by atoms with Crippen LogP contribution < -0.4 is 5.73 Å². The summed E-state index contributed by atoms with van der Waals surface area (Å²) in [5, 5.41) is 3.84. The van der Waals surface area contributed by atoms with Crippen LogP contribution in [0.1, 0.15) is 24.8 Å². The predicted octanol–water partition coefficient (Wildman–Crippen LogP) is 1.24. The lowest BCUT2D eigenvalue weighted by Gasteiger charge is -2.30. The second-order valence-corrected chi connectivity index (χ2v) is 5.74. The highest BCUT2D eigenvalue weighted by atomic mass is 19.1. The first-order valence-corrected chi connectivity index (χ1v) is 7.78. The summed E-state index contributed by atoms with van der Waals surface area (Å²) in [5.41, 5.74) is 6.36. The number of nitrogens with two attached hydrogens (primary N) is 1. The molecule has 124 valence electrons. The Balaban J connectivity index is 1.59. The molecule has 1 aromatic rings. The van der Waals surface area contributed by atoms with Crippen LogP contribution in [0.15, 0.2) is 29.4 Å². The molecule has 2 aliphatic rings. The average Bonchev–Trinajstić information content (AvgIpc) is 2.95. The summed E-state index contributed by atoms with van der Waals surface area (Å²) in [5.74, 6) is -0.268. The summed E-state index contributed by atoms with van der Waals surface area (Å²) in [6.45, 7) is 2.05. The van der Waals surface area contributed by atoms with Crippen molar-refractivity contribution >= 4 is 11.7 Å². The van der Waals surface area contributed by atoms with E-state index in [0.29, 0.717) is 31.7 Å². The Morgan fingerprint density at radius 3 is 2.65 bits per heavy atom. The molecule has 0 saturated carbocycles. The first kappa shape index (κ1) is 15.7. The van der Waals surface area contributed by atoms with Crippen LogP contribution in [0.25, 0.3) is 0 Å². The predicted molar refractivity (Wildman–Crippen MR) is 82.2 cm³/mol. The minimum absolute atomic E-state index is 0.0486. The molecule has 2 fully saturated rings. The van der Waals surface area contributed by atoms with Gasteiger partial charge in [-0.15, -0.1) is 0 Å². The van der Waals surface area contributed by atoms with Gasteiger partial charge in [-0.1, -0.05) is 5.16 Å². The lowest BCUT2D eigenvalue weighted by Crippen LogP contribution is -2.42. The Morgan fingerprint density at radius 2 is 1.96 bits per heavy atom. The average molecular weight is 321 g/mol. The maximum atomic E-state index is 12.9. The second-order valence-electron chi connectivity index (χ2n) is 5.74. The lowest BCUT2D eigenvalue weighted by molar-refractivity contribution is -0.140. The molecule has 0 radical (unpaired) electrons. The van der Waals surface area contributed by atoms with Gasteiger partial charge in [-0.05, 0) is 37.1 Å². The highest BCUT2D eigenvalue weighted by Gasteiger charge is 2.38. The van der Waals surface area contributed by atoms with Crippen LogP contribution in [-0.2, 0) is 14.4 Å². The molecule has 0 aromatic heterocycles. The third-order valence-electron chi connectivity index (χ3n) is 4.24. The molecule has 1 amide bonds. The van der Waals surface area contributed by atoms with Gasteiger partial charge in [-0.2, -0.15) is 0 Å². The summed E-state index contributed by atoms with van der Waals surface area (Å²) >= 11 is 0. The van der Waals surface area contributed by atoms with Crippen molar-refractivity contribution in [3.63, 3.8) is 0 Å². The zero-order valence-electron chi connectivity index (χ0n) is 12.8. The van der Waals surface area contributed by atoms with Crippen molar-refractivity contribution in [1.82, 2.24) is 4.90 Å². The minimum atomic E-state index is -0.600. The number of benzene rings is 1.